The monoisotopic (exact) mass is 280 g/mol. The number of nitriles is 1. The molecule has 1 rings (SSSR count). The molecule has 1 amide bonds. The molecule has 0 heterocycles. The predicted octanol–water partition coefficient (Wildman–Crippen LogP) is 1.81. The van der Waals surface area contributed by atoms with Gasteiger partial charge in [0.1, 0.15) is 16.7 Å². The van der Waals surface area contributed by atoms with Gasteiger partial charge in [0.05, 0.1) is 4.92 Å². The Morgan fingerprint density at radius 2 is 2.26 bits per heavy atom. The standard InChI is InChI=1S/C11H9ClN4O3/c1-14-6-7(5-13)11(17)15-8-2-3-9(12)10(4-8)16(18)19/h2-4,6,14H,1H3,(H,15,17)/b7-6-. The van der Waals surface area contributed by atoms with Gasteiger partial charge in [0.15, 0.2) is 0 Å². The van der Waals surface area contributed by atoms with Gasteiger partial charge in [-0.1, -0.05) is 11.6 Å². The summed E-state index contributed by atoms with van der Waals surface area (Å²) in [5.74, 6) is -0.673. The fourth-order valence-corrected chi connectivity index (χ4v) is 1.41. The van der Waals surface area contributed by atoms with Crippen LogP contribution in [-0.4, -0.2) is 17.9 Å². The van der Waals surface area contributed by atoms with Crippen LogP contribution >= 0.6 is 11.6 Å². The third-order valence-electron chi connectivity index (χ3n) is 2.05. The van der Waals surface area contributed by atoms with Gasteiger partial charge in [-0.25, -0.2) is 0 Å². The lowest BCUT2D eigenvalue weighted by molar-refractivity contribution is -0.384. The second-order valence-electron chi connectivity index (χ2n) is 3.34. The van der Waals surface area contributed by atoms with Crippen LogP contribution in [0.5, 0.6) is 0 Å². The number of hydrogen-bond donors (Lipinski definition) is 2. The van der Waals surface area contributed by atoms with Gasteiger partial charge in [0, 0.05) is 25.0 Å². The molecule has 7 nitrogen and oxygen atoms in total. The second kappa shape index (κ2) is 6.37. The molecule has 19 heavy (non-hydrogen) atoms. The number of nitrogens with one attached hydrogen (secondary N) is 2. The van der Waals surface area contributed by atoms with Crippen LogP contribution in [0.4, 0.5) is 11.4 Å². The molecule has 0 unspecified atom stereocenters. The summed E-state index contributed by atoms with van der Waals surface area (Å²) >= 11 is 5.64. The van der Waals surface area contributed by atoms with Crippen LogP contribution in [0.15, 0.2) is 30.0 Å². The van der Waals surface area contributed by atoms with E-state index in [0.29, 0.717) is 0 Å². The van der Waals surface area contributed by atoms with Crippen molar-refractivity contribution in [2.75, 3.05) is 12.4 Å². The minimum absolute atomic E-state index is 0.0331. The summed E-state index contributed by atoms with van der Waals surface area (Å²) in [6, 6.07) is 5.52. The third-order valence-corrected chi connectivity index (χ3v) is 2.37. The maximum absolute atomic E-state index is 11.7. The summed E-state index contributed by atoms with van der Waals surface area (Å²) in [4.78, 5) is 21.7. The number of benzene rings is 1. The van der Waals surface area contributed by atoms with E-state index in [9.17, 15) is 14.9 Å². The van der Waals surface area contributed by atoms with Gasteiger partial charge in [-0.05, 0) is 12.1 Å². The van der Waals surface area contributed by atoms with Crippen molar-refractivity contribution in [2.24, 2.45) is 0 Å². The Morgan fingerprint density at radius 3 is 2.79 bits per heavy atom. The molecule has 1 aromatic rings. The number of anilines is 1. The number of carbonyl (C=O) groups excluding carboxylic acids is 1. The first-order chi connectivity index (χ1) is 8.99. The van der Waals surface area contributed by atoms with Crippen LogP contribution < -0.4 is 10.6 Å². The quantitative estimate of drug-likeness (QED) is 0.378. The molecule has 0 aliphatic heterocycles. The Labute approximate surface area is 113 Å². The Kier molecular flexibility index (Phi) is 4.85. The molecule has 0 bridgehead atoms. The average Bonchev–Trinajstić information content (AvgIpc) is 2.37. The van der Waals surface area contributed by atoms with E-state index in [1.54, 1.807) is 6.07 Å². The first kappa shape index (κ1) is 14.5. The molecule has 0 atom stereocenters. The number of amides is 1. The lowest BCUT2D eigenvalue weighted by atomic mass is 10.2. The van der Waals surface area contributed by atoms with Crippen LogP contribution in [0.2, 0.25) is 5.02 Å². The molecule has 0 aromatic heterocycles. The maximum Gasteiger partial charge on any atom is 0.289 e. The Balaban J connectivity index is 2.98. The van der Waals surface area contributed by atoms with Crippen LogP contribution in [0, 0.1) is 21.4 Å². The highest BCUT2D eigenvalue weighted by Crippen LogP contribution is 2.27. The molecule has 98 valence electrons. The highest BCUT2D eigenvalue weighted by molar-refractivity contribution is 6.32. The zero-order valence-electron chi connectivity index (χ0n) is 9.81. The topological polar surface area (TPSA) is 108 Å². The van der Waals surface area contributed by atoms with Crippen molar-refractivity contribution in [1.82, 2.24) is 5.32 Å². The van der Waals surface area contributed by atoms with Crippen molar-refractivity contribution in [3.8, 4) is 6.07 Å². The summed E-state index contributed by atoms with van der Waals surface area (Å²) in [5, 5.41) is 24.3. The van der Waals surface area contributed by atoms with Gasteiger partial charge in [-0.3, -0.25) is 14.9 Å². The van der Waals surface area contributed by atoms with Crippen molar-refractivity contribution in [3.63, 3.8) is 0 Å². The van der Waals surface area contributed by atoms with Crippen LogP contribution in [0.25, 0.3) is 0 Å². The lowest BCUT2D eigenvalue weighted by Gasteiger charge is -2.04. The van der Waals surface area contributed by atoms with Gasteiger partial charge >= 0.3 is 0 Å². The van der Waals surface area contributed by atoms with E-state index < -0.39 is 10.8 Å². The molecule has 0 aliphatic carbocycles. The second-order valence-corrected chi connectivity index (χ2v) is 3.74. The number of nitro groups is 1. The van der Waals surface area contributed by atoms with E-state index in [2.05, 4.69) is 10.6 Å². The van der Waals surface area contributed by atoms with Crippen molar-refractivity contribution < 1.29 is 9.72 Å². The smallest absolute Gasteiger partial charge is 0.289 e. The molecule has 0 fully saturated rings. The maximum atomic E-state index is 11.7. The van der Waals surface area contributed by atoms with Crippen molar-refractivity contribution in [1.29, 1.82) is 5.26 Å². The molecule has 2 N–H and O–H groups in total. The van der Waals surface area contributed by atoms with Gasteiger partial charge in [-0.2, -0.15) is 5.26 Å². The SMILES string of the molecule is CN/C=C(/C#N)C(=O)Nc1ccc(Cl)c([N+](=O)[O-])c1. The van der Waals surface area contributed by atoms with Crippen LogP contribution in [0.3, 0.4) is 0 Å². The number of halogens is 1. The number of nitrogens with zero attached hydrogens (tertiary/aromatic N) is 2. The lowest BCUT2D eigenvalue weighted by Crippen LogP contribution is -2.15. The molecule has 0 saturated carbocycles. The van der Waals surface area contributed by atoms with Crippen LogP contribution in [0.1, 0.15) is 0 Å². The minimum atomic E-state index is -0.673. The summed E-state index contributed by atoms with van der Waals surface area (Å²) in [6.07, 6.45) is 1.22. The molecule has 0 spiro atoms. The third kappa shape index (κ3) is 3.69. The summed E-state index contributed by atoms with van der Waals surface area (Å²) in [7, 11) is 1.54. The largest absolute Gasteiger partial charge is 0.393 e. The minimum Gasteiger partial charge on any atom is -0.393 e. The first-order valence-corrected chi connectivity index (χ1v) is 5.40. The van der Waals surface area contributed by atoms with E-state index in [0.717, 1.165) is 6.07 Å². The zero-order chi connectivity index (χ0) is 14.4. The Hall–Kier alpha value is -2.59. The molecule has 8 heteroatoms. The molecular formula is C11H9ClN4O3. The van der Waals surface area contributed by atoms with Crippen molar-refractivity contribution >= 4 is 28.9 Å². The van der Waals surface area contributed by atoms with Gasteiger partial charge in [-0.15, -0.1) is 0 Å². The van der Waals surface area contributed by atoms with E-state index >= 15 is 0 Å². The normalized spacial score (nSPS) is 10.5. The first-order valence-electron chi connectivity index (χ1n) is 5.02. The molecule has 0 aliphatic rings. The van der Waals surface area contributed by atoms with Crippen molar-refractivity contribution in [2.45, 2.75) is 0 Å². The highest BCUT2D eigenvalue weighted by Gasteiger charge is 2.15. The van der Waals surface area contributed by atoms with Gasteiger partial charge in [0.25, 0.3) is 11.6 Å². The van der Waals surface area contributed by atoms with E-state index in [1.165, 1.54) is 25.4 Å². The number of hydrogen-bond acceptors (Lipinski definition) is 5. The van der Waals surface area contributed by atoms with E-state index in [1.807, 2.05) is 0 Å². The number of rotatable bonds is 4. The number of nitro benzene ring substituents is 1. The average molecular weight is 281 g/mol. The van der Waals surface area contributed by atoms with Crippen molar-refractivity contribution in [3.05, 3.63) is 45.1 Å². The molecule has 1 aromatic carbocycles. The zero-order valence-corrected chi connectivity index (χ0v) is 10.6. The summed E-state index contributed by atoms with van der Waals surface area (Å²) in [5.41, 5.74) is -0.297. The molecule has 0 radical (unpaired) electrons. The number of carbonyl (C=O) groups is 1. The molecule has 0 saturated heterocycles. The van der Waals surface area contributed by atoms with E-state index in [4.69, 9.17) is 16.9 Å². The predicted molar refractivity (Wildman–Crippen MR) is 69.5 cm³/mol. The Morgan fingerprint density at radius 1 is 1.58 bits per heavy atom. The highest BCUT2D eigenvalue weighted by atomic mass is 35.5. The summed E-state index contributed by atoms with van der Waals surface area (Å²) in [6.45, 7) is 0. The van der Waals surface area contributed by atoms with Crippen LogP contribution in [-0.2, 0) is 4.79 Å². The van der Waals surface area contributed by atoms with Gasteiger partial charge < -0.3 is 10.6 Å². The fourth-order valence-electron chi connectivity index (χ4n) is 1.22. The van der Waals surface area contributed by atoms with Gasteiger partial charge in [0.2, 0.25) is 0 Å². The fraction of sp³-hybridized carbons (Fsp3) is 0.0909. The van der Waals surface area contributed by atoms with E-state index in [-0.39, 0.29) is 22.0 Å². The Bertz CT molecular complexity index is 592. The summed E-state index contributed by atoms with van der Waals surface area (Å²) < 4.78 is 0. The molecular weight excluding hydrogens is 272 g/mol.